The van der Waals surface area contributed by atoms with Crippen molar-refractivity contribution in [1.29, 1.82) is 0 Å². The molecule has 2 aliphatic rings. The molecule has 2 aromatic carbocycles. The Morgan fingerprint density at radius 3 is 2.32 bits per heavy atom. The molecule has 0 aromatic heterocycles. The van der Waals surface area contributed by atoms with Crippen LogP contribution in [0.2, 0.25) is 0 Å². The summed E-state index contributed by atoms with van der Waals surface area (Å²) in [6.07, 6.45) is 17.1. The number of carbonyl (C=O) groups excluding carboxylic acids is 1. The molecule has 220 valence electrons. The Kier molecular flexibility index (Phi) is 11.5. The third-order valence-corrected chi connectivity index (χ3v) is 8.17. The van der Waals surface area contributed by atoms with E-state index in [-0.39, 0.29) is 5.91 Å². The first-order chi connectivity index (χ1) is 20.0. The second kappa shape index (κ2) is 15.5. The molecule has 0 radical (unpaired) electrons. The van der Waals surface area contributed by atoms with Gasteiger partial charge >= 0.3 is 0 Å². The van der Waals surface area contributed by atoms with E-state index in [9.17, 15) is 4.79 Å². The van der Waals surface area contributed by atoms with Crippen LogP contribution in [0.4, 0.5) is 0 Å². The van der Waals surface area contributed by atoms with Crippen molar-refractivity contribution in [2.45, 2.75) is 39.0 Å². The van der Waals surface area contributed by atoms with Gasteiger partial charge in [-0.25, -0.2) is 0 Å². The molecule has 1 saturated heterocycles. The number of nitrogens with zero attached hydrogens (tertiary/aromatic N) is 2. The van der Waals surface area contributed by atoms with Crippen molar-refractivity contribution in [2.75, 3.05) is 54.1 Å². The molecule has 0 spiro atoms. The monoisotopic (exact) mass is 558 g/mol. The van der Waals surface area contributed by atoms with Crippen LogP contribution in [0, 0.1) is 11.8 Å². The highest BCUT2D eigenvalue weighted by atomic mass is 16.5. The van der Waals surface area contributed by atoms with Crippen molar-refractivity contribution in [2.24, 2.45) is 11.8 Å². The molecule has 41 heavy (non-hydrogen) atoms. The van der Waals surface area contributed by atoms with Crippen LogP contribution in [-0.2, 0) is 0 Å². The number of hydrogen-bond donors (Lipinski definition) is 0. The van der Waals surface area contributed by atoms with Crippen LogP contribution in [0.1, 0.15) is 54.9 Å². The number of likely N-dealkylation sites (tertiary alicyclic amines) is 1. The number of benzene rings is 2. The molecule has 1 fully saturated rings. The van der Waals surface area contributed by atoms with Gasteiger partial charge in [0.2, 0.25) is 5.75 Å². The molecule has 1 aliphatic heterocycles. The smallest absolute Gasteiger partial charge is 0.254 e. The van der Waals surface area contributed by atoms with Gasteiger partial charge in [0, 0.05) is 18.7 Å². The minimum Gasteiger partial charge on any atom is -0.493 e. The summed E-state index contributed by atoms with van der Waals surface area (Å²) in [7, 11) is 4.71. The SMILES string of the molecule is COc1cc(C(=O)N(CCCN2CCC(CC3C=CC=CC3)CC2)C/C(C)=C/c2ccccc2)cc(OC)c1OC. The Bertz CT molecular complexity index is 1190. The van der Waals surface area contributed by atoms with E-state index >= 15 is 0 Å². The fraction of sp³-hybridized carbons (Fsp3) is 0.457. The predicted octanol–water partition coefficient (Wildman–Crippen LogP) is 6.88. The van der Waals surface area contributed by atoms with Crippen molar-refractivity contribution in [3.63, 3.8) is 0 Å². The Hall–Kier alpha value is -3.51. The zero-order valence-corrected chi connectivity index (χ0v) is 25.2. The number of carbonyl (C=O) groups is 1. The van der Waals surface area contributed by atoms with E-state index in [1.54, 1.807) is 33.5 Å². The van der Waals surface area contributed by atoms with Gasteiger partial charge < -0.3 is 24.0 Å². The highest BCUT2D eigenvalue weighted by molar-refractivity contribution is 5.96. The van der Waals surface area contributed by atoms with Gasteiger partial charge in [-0.05, 0) is 88.2 Å². The van der Waals surface area contributed by atoms with Crippen molar-refractivity contribution in [3.8, 4) is 17.2 Å². The largest absolute Gasteiger partial charge is 0.493 e. The first-order valence-electron chi connectivity index (χ1n) is 14.9. The maximum absolute atomic E-state index is 13.9. The average molecular weight is 559 g/mol. The number of rotatable bonds is 13. The summed E-state index contributed by atoms with van der Waals surface area (Å²) in [4.78, 5) is 18.4. The van der Waals surface area contributed by atoms with Crippen molar-refractivity contribution < 1.29 is 19.0 Å². The first kappa shape index (κ1) is 30.4. The highest BCUT2D eigenvalue weighted by Crippen LogP contribution is 2.38. The molecule has 1 unspecified atom stereocenters. The van der Waals surface area contributed by atoms with Gasteiger partial charge in [-0.1, -0.05) is 66.3 Å². The van der Waals surface area contributed by atoms with Gasteiger partial charge in [0.15, 0.2) is 11.5 Å². The lowest BCUT2D eigenvalue weighted by atomic mass is 9.84. The molecular weight excluding hydrogens is 512 g/mol. The van der Waals surface area contributed by atoms with E-state index < -0.39 is 0 Å². The van der Waals surface area contributed by atoms with Crippen LogP contribution in [0.25, 0.3) is 6.08 Å². The Morgan fingerprint density at radius 1 is 1.00 bits per heavy atom. The van der Waals surface area contributed by atoms with Crippen LogP contribution in [0.15, 0.2) is 72.3 Å². The second-order valence-electron chi connectivity index (χ2n) is 11.2. The lowest BCUT2D eigenvalue weighted by molar-refractivity contribution is 0.0757. The molecule has 0 bridgehead atoms. The molecule has 4 rings (SSSR count). The number of allylic oxidation sites excluding steroid dienone is 4. The zero-order chi connectivity index (χ0) is 29.0. The molecule has 6 heteroatoms. The fourth-order valence-corrected chi connectivity index (χ4v) is 5.99. The number of ether oxygens (including phenoxy) is 3. The summed E-state index contributed by atoms with van der Waals surface area (Å²) in [5, 5.41) is 0. The minimum absolute atomic E-state index is 0.0432. The molecule has 1 atom stereocenters. The number of hydrogen-bond acceptors (Lipinski definition) is 5. The highest BCUT2D eigenvalue weighted by Gasteiger charge is 2.24. The lowest BCUT2D eigenvalue weighted by Gasteiger charge is -2.34. The van der Waals surface area contributed by atoms with Gasteiger partial charge in [0.1, 0.15) is 0 Å². The molecule has 1 amide bonds. The second-order valence-corrected chi connectivity index (χ2v) is 11.2. The Labute approximate surface area is 246 Å². The summed E-state index contributed by atoms with van der Waals surface area (Å²) in [5.74, 6) is 2.93. The Morgan fingerprint density at radius 2 is 1.71 bits per heavy atom. The van der Waals surface area contributed by atoms with Crippen molar-refractivity contribution in [1.82, 2.24) is 9.80 Å². The summed E-state index contributed by atoms with van der Waals surface area (Å²) in [5.41, 5.74) is 2.79. The average Bonchev–Trinajstić information content (AvgIpc) is 3.01. The molecule has 1 aliphatic carbocycles. The van der Waals surface area contributed by atoms with Gasteiger partial charge in [-0.3, -0.25) is 4.79 Å². The van der Waals surface area contributed by atoms with Crippen LogP contribution in [0.3, 0.4) is 0 Å². The van der Waals surface area contributed by atoms with E-state index in [0.29, 0.717) is 41.8 Å². The lowest BCUT2D eigenvalue weighted by Crippen LogP contribution is -2.38. The summed E-state index contributed by atoms with van der Waals surface area (Å²) in [6, 6.07) is 13.7. The maximum Gasteiger partial charge on any atom is 0.254 e. The van der Waals surface area contributed by atoms with Crippen LogP contribution in [-0.4, -0.2) is 69.8 Å². The summed E-state index contributed by atoms with van der Waals surface area (Å²) >= 11 is 0. The molecule has 0 N–H and O–H groups in total. The van der Waals surface area contributed by atoms with E-state index in [2.05, 4.69) is 54.3 Å². The zero-order valence-electron chi connectivity index (χ0n) is 25.2. The quantitative estimate of drug-likeness (QED) is 0.268. The molecule has 1 heterocycles. The summed E-state index contributed by atoms with van der Waals surface area (Å²) < 4.78 is 16.5. The summed E-state index contributed by atoms with van der Waals surface area (Å²) in [6.45, 7) is 6.60. The first-order valence-corrected chi connectivity index (χ1v) is 14.9. The normalized spacial score (nSPS) is 17.9. The van der Waals surface area contributed by atoms with E-state index in [4.69, 9.17) is 14.2 Å². The molecular formula is C35H46N2O4. The van der Waals surface area contributed by atoms with E-state index in [1.165, 1.54) is 25.7 Å². The maximum atomic E-state index is 13.9. The topological polar surface area (TPSA) is 51.2 Å². The Balaban J connectivity index is 1.40. The molecule has 0 saturated carbocycles. The van der Waals surface area contributed by atoms with Crippen LogP contribution in [0.5, 0.6) is 17.2 Å². The van der Waals surface area contributed by atoms with E-state index in [0.717, 1.165) is 43.1 Å². The van der Waals surface area contributed by atoms with Gasteiger partial charge in [0.25, 0.3) is 5.91 Å². The number of amides is 1. The van der Waals surface area contributed by atoms with Gasteiger partial charge in [-0.2, -0.15) is 0 Å². The van der Waals surface area contributed by atoms with E-state index in [1.807, 2.05) is 23.1 Å². The van der Waals surface area contributed by atoms with Crippen LogP contribution < -0.4 is 14.2 Å². The van der Waals surface area contributed by atoms with Crippen molar-refractivity contribution >= 4 is 12.0 Å². The van der Waals surface area contributed by atoms with Crippen LogP contribution >= 0.6 is 0 Å². The third-order valence-electron chi connectivity index (χ3n) is 8.17. The van der Waals surface area contributed by atoms with Crippen molar-refractivity contribution in [3.05, 3.63) is 83.5 Å². The number of methoxy groups -OCH3 is 3. The van der Waals surface area contributed by atoms with Gasteiger partial charge in [0.05, 0.1) is 21.3 Å². The van der Waals surface area contributed by atoms with Gasteiger partial charge in [-0.15, -0.1) is 0 Å². The predicted molar refractivity (Wildman–Crippen MR) is 167 cm³/mol. The minimum atomic E-state index is -0.0432. The molecule has 6 nitrogen and oxygen atoms in total. The fourth-order valence-electron chi connectivity index (χ4n) is 5.99. The number of piperidine rings is 1. The third kappa shape index (κ3) is 8.74. The standard InChI is InChI=1S/C35H46N2O4/c1-27(22-28-12-7-5-8-13-28)26-37(35(38)31-24-32(39-2)34(41-4)33(25-31)40-3)19-11-18-36-20-16-30(17-21-36)23-29-14-9-6-10-15-29/h5-10,12-14,22,24-25,29-30H,11,15-21,23,26H2,1-4H3/b27-22+. The molecule has 2 aromatic rings.